The van der Waals surface area contributed by atoms with Gasteiger partial charge in [0.25, 0.3) is 0 Å². The summed E-state index contributed by atoms with van der Waals surface area (Å²) in [4.78, 5) is 10.7. The van der Waals surface area contributed by atoms with Crippen LogP contribution >= 0.6 is 31.9 Å². The minimum absolute atomic E-state index is 0.157. The van der Waals surface area contributed by atoms with Crippen LogP contribution in [-0.4, -0.2) is 17.4 Å². The topological polar surface area (TPSA) is 26.3 Å². The number of halogens is 2. The highest BCUT2D eigenvalue weighted by atomic mass is 79.9. The molecular weight excluding hydrogens is 252 g/mol. The second-order valence-corrected chi connectivity index (χ2v) is 3.66. The fraction of sp³-hybridized carbons (Fsp3) is 0.400. The maximum Gasteiger partial charge on any atom is 0.344 e. The Morgan fingerprint density at radius 3 is 2.89 bits per heavy atom. The summed E-state index contributed by atoms with van der Waals surface area (Å²) in [6.45, 7) is 0.425. The summed E-state index contributed by atoms with van der Waals surface area (Å²) in [5.41, 5.74) is 0. The molecule has 0 aromatic rings. The Morgan fingerprint density at radius 1 is 1.78 bits per heavy atom. The third kappa shape index (κ3) is 1.79. The number of esters is 1. The predicted octanol–water partition coefficient (Wildman–Crippen LogP) is 1.59. The zero-order valence-corrected chi connectivity index (χ0v) is 7.61. The SMILES string of the molecule is O=C1OC[C@@H](Br)C=C1Br. The summed E-state index contributed by atoms with van der Waals surface area (Å²) < 4.78 is 5.20. The minimum Gasteiger partial charge on any atom is -0.460 e. The number of hydrogen-bond donors (Lipinski definition) is 0. The zero-order valence-electron chi connectivity index (χ0n) is 4.43. The van der Waals surface area contributed by atoms with E-state index in [1.807, 2.05) is 0 Å². The van der Waals surface area contributed by atoms with Crippen LogP contribution in [0.25, 0.3) is 0 Å². The molecule has 0 unspecified atom stereocenters. The maximum absolute atomic E-state index is 10.6. The summed E-state index contributed by atoms with van der Waals surface area (Å²) in [5.74, 6) is -0.286. The van der Waals surface area contributed by atoms with Crippen LogP contribution in [0, 0.1) is 0 Å². The first-order chi connectivity index (χ1) is 4.20. The molecule has 0 saturated carbocycles. The molecule has 0 bridgehead atoms. The van der Waals surface area contributed by atoms with E-state index in [2.05, 4.69) is 31.9 Å². The van der Waals surface area contributed by atoms with Gasteiger partial charge in [-0.3, -0.25) is 0 Å². The van der Waals surface area contributed by atoms with Gasteiger partial charge in [0.15, 0.2) is 0 Å². The average molecular weight is 256 g/mol. The van der Waals surface area contributed by atoms with Gasteiger partial charge in [-0.05, 0) is 22.0 Å². The number of carbonyl (C=O) groups is 1. The van der Waals surface area contributed by atoms with Crippen molar-refractivity contribution in [2.75, 3.05) is 6.61 Å². The Bertz CT molecular complexity index is 164. The van der Waals surface area contributed by atoms with Crippen molar-refractivity contribution in [1.29, 1.82) is 0 Å². The Kier molecular flexibility index (Phi) is 2.29. The second-order valence-electron chi connectivity index (χ2n) is 1.63. The normalized spacial score (nSPS) is 27.1. The summed E-state index contributed by atoms with van der Waals surface area (Å²) in [6.07, 6.45) is 1.77. The molecule has 0 fully saturated rings. The molecular formula is C5H4Br2O2. The molecule has 9 heavy (non-hydrogen) atoms. The molecule has 0 aromatic heterocycles. The van der Waals surface area contributed by atoms with Crippen molar-refractivity contribution in [3.63, 3.8) is 0 Å². The lowest BCUT2D eigenvalue weighted by atomic mass is 10.3. The molecule has 1 heterocycles. The van der Waals surface area contributed by atoms with Gasteiger partial charge in [0.05, 0.1) is 9.31 Å². The Labute approximate surface area is 69.5 Å². The van der Waals surface area contributed by atoms with Gasteiger partial charge in [-0.15, -0.1) is 0 Å². The minimum atomic E-state index is -0.286. The van der Waals surface area contributed by atoms with Gasteiger partial charge in [-0.1, -0.05) is 15.9 Å². The van der Waals surface area contributed by atoms with Crippen LogP contribution in [0.2, 0.25) is 0 Å². The number of rotatable bonds is 0. The van der Waals surface area contributed by atoms with Gasteiger partial charge < -0.3 is 4.74 Å². The smallest absolute Gasteiger partial charge is 0.344 e. The number of cyclic esters (lactones) is 1. The van der Waals surface area contributed by atoms with Crippen molar-refractivity contribution in [1.82, 2.24) is 0 Å². The van der Waals surface area contributed by atoms with E-state index in [9.17, 15) is 4.79 Å². The monoisotopic (exact) mass is 254 g/mol. The van der Waals surface area contributed by atoms with E-state index in [4.69, 9.17) is 4.74 Å². The summed E-state index contributed by atoms with van der Waals surface area (Å²) in [6, 6.07) is 0. The van der Waals surface area contributed by atoms with E-state index in [1.54, 1.807) is 6.08 Å². The number of alkyl halides is 1. The van der Waals surface area contributed by atoms with Gasteiger partial charge in [0.1, 0.15) is 6.61 Å². The lowest BCUT2D eigenvalue weighted by Crippen LogP contribution is -2.18. The van der Waals surface area contributed by atoms with E-state index in [0.717, 1.165) is 0 Å². The molecule has 2 nitrogen and oxygen atoms in total. The van der Waals surface area contributed by atoms with Gasteiger partial charge in [-0.2, -0.15) is 0 Å². The summed E-state index contributed by atoms with van der Waals surface area (Å²) in [7, 11) is 0. The van der Waals surface area contributed by atoms with Crippen molar-refractivity contribution >= 4 is 37.8 Å². The number of hydrogen-bond acceptors (Lipinski definition) is 2. The van der Waals surface area contributed by atoms with Gasteiger partial charge in [0.2, 0.25) is 0 Å². The van der Waals surface area contributed by atoms with E-state index in [0.29, 0.717) is 11.1 Å². The van der Waals surface area contributed by atoms with Crippen LogP contribution in [-0.2, 0) is 9.53 Å². The standard InChI is InChI=1S/C5H4Br2O2/c6-3-1-4(7)5(8)9-2-3/h1,3H,2H2/t3-/m0/s1. The molecule has 0 aromatic carbocycles. The Morgan fingerprint density at radius 2 is 2.44 bits per heavy atom. The van der Waals surface area contributed by atoms with Gasteiger partial charge in [0, 0.05) is 0 Å². The highest BCUT2D eigenvalue weighted by Crippen LogP contribution is 2.18. The van der Waals surface area contributed by atoms with Crippen molar-refractivity contribution in [2.24, 2.45) is 0 Å². The fourth-order valence-electron chi connectivity index (χ4n) is 0.499. The van der Waals surface area contributed by atoms with E-state index >= 15 is 0 Å². The van der Waals surface area contributed by atoms with Gasteiger partial charge in [-0.25, -0.2) is 4.79 Å². The van der Waals surface area contributed by atoms with Crippen molar-refractivity contribution < 1.29 is 9.53 Å². The Balaban J connectivity index is 2.72. The van der Waals surface area contributed by atoms with Crippen molar-refractivity contribution in [3.05, 3.63) is 10.6 Å². The molecule has 4 heteroatoms. The van der Waals surface area contributed by atoms with E-state index < -0.39 is 0 Å². The van der Waals surface area contributed by atoms with Crippen LogP contribution in [0.15, 0.2) is 10.6 Å². The lowest BCUT2D eigenvalue weighted by molar-refractivity contribution is -0.138. The molecule has 50 valence electrons. The molecule has 0 radical (unpaired) electrons. The van der Waals surface area contributed by atoms with E-state index in [1.165, 1.54) is 0 Å². The van der Waals surface area contributed by atoms with Crippen LogP contribution in [0.3, 0.4) is 0 Å². The number of carbonyl (C=O) groups excluding carboxylic acids is 1. The molecule has 0 amide bonds. The first kappa shape index (κ1) is 7.28. The number of ether oxygens (including phenoxy) is 1. The Hall–Kier alpha value is 0.170. The second kappa shape index (κ2) is 2.84. The maximum atomic E-state index is 10.6. The zero-order chi connectivity index (χ0) is 6.85. The molecule has 1 rings (SSSR count). The molecule has 1 aliphatic heterocycles. The molecule has 0 N–H and O–H groups in total. The molecule has 1 atom stereocenters. The average Bonchev–Trinajstić information content (AvgIpc) is 1.80. The van der Waals surface area contributed by atoms with Crippen LogP contribution < -0.4 is 0 Å². The molecule has 0 saturated heterocycles. The van der Waals surface area contributed by atoms with Crippen molar-refractivity contribution in [3.8, 4) is 0 Å². The largest absolute Gasteiger partial charge is 0.460 e. The predicted molar refractivity (Wildman–Crippen MR) is 40.7 cm³/mol. The first-order valence-electron chi connectivity index (χ1n) is 2.38. The molecule has 0 spiro atoms. The van der Waals surface area contributed by atoms with Crippen LogP contribution in [0.1, 0.15) is 0 Å². The molecule has 0 aliphatic carbocycles. The third-order valence-corrected chi connectivity index (χ3v) is 2.01. The fourth-order valence-corrected chi connectivity index (χ4v) is 1.68. The quantitative estimate of drug-likeness (QED) is 0.486. The van der Waals surface area contributed by atoms with Crippen LogP contribution in [0.5, 0.6) is 0 Å². The van der Waals surface area contributed by atoms with Crippen molar-refractivity contribution in [2.45, 2.75) is 4.83 Å². The highest BCUT2D eigenvalue weighted by molar-refractivity contribution is 9.12. The van der Waals surface area contributed by atoms with Crippen LogP contribution in [0.4, 0.5) is 0 Å². The first-order valence-corrected chi connectivity index (χ1v) is 4.09. The lowest BCUT2D eigenvalue weighted by Gasteiger charge is -2.12. The molecule has 1 aliphatic rings. The summed E-state index contributed by atoms with van der Waals surface area (Å²) >= 11 is 6.32. The highest BCUT2D eigenvalue weighted by Gasteiger charge is 2.16. The third-order valence-electron chi connectivity index (χ3n) is 0.896. The summed E-state index contributed by atoms with van der Waals surface area (Å²) in [5, 5.41) is 0. The van der Waals surface area contributed by atoms with Gasteiger partial charge >= 0.3 is 5.97 Å². The van der Waals surface area contributed by atoms with E-state index in [-0.39, 0.29) is 10.8 Å².